The summed E-state index contributed by atoms with van der Waals surface area (Å²) in [6.07, 6.45) is 1.55. The highest BCUT2D eigenvalue weighted by Crippen LogP contribution is 2.44. The fourth-order valence-corrected chi connectivity index (χ4v) is 3.04. The maximum absolute atomic E-state index is 14.4. The molecule has 1 heterocycles. The molecule has 23 heavy (non-hydrogen) atoms. The minimum Gasteiger partial charge on any atom is -0.497 e. The van der Waals surface area contributed by atoms with Gasteiger partial charge in [0.05, 0.1) is 13.0 Å². The Bertz CT molecular complexity index is 790. The fraction of sp³-hybridized carbons (Fsp3) is 0.294. The number of carbonyl (C=O) groups excluding carboxylic acids is 1. The Labute approximate surface area is 132 Å². The van der Waals surface area contributed by atoms with Crippen LogP contribution in [0.4, 0.5) is 4.39 Å². The third-order valence-electron chi connectivity index (χ3n) is 4.12. The van der Waals surface area contributed by atoms with Crippen molar-refractivity contribution in [3.63, 3.8) is 0 Å². The molecule has 0 spiro atoms. The summed E-state index contributed by atoms with van der Waals surface area (Å²) < 4.78 is 25.0. The third kappa shape index (κ3) is 2.44. The molecule has 1 atom stereocenters. The number of rotatable bonds is 2. The molecule has 2 aliphatic rings. The van der Waals surface area contributed by atoms with Crippen molar-refractivity contribution >= 4 is 5.78 Å². The Morgan fingerprint density at radius 3 is 2.91 bits per heavy atom. The molecule has 0 unspecified atom stereocenters. The number of nitrogens with zero attached hydrogens (tertiary/aromatic N) is 1. The van der Waals surface area contributed by atoms with E-state index >= 15 is 0 Å². The van der Waals surface area contributed by atoms with Crippen LogP contribution < -0.4 is 10.5 Å². The normalized spacial score (nSPS) is 20.7. The van der Waals surface area contributed by atoms with E-state index in [1.165, 1.54) is 25.3 Å². The van der Waals surface area contributed by atoms with Gasteiger partial charge < -0.3 is 15.2 Å². The van der Waals surface area contributed by atoms with Gasteiger partial charge in [0.1, 0.15) is 29.0 Å². The van der Waals surface area contributed by atoms with Crippen molar-refractivity contribution in [3.8, 4) is 11.8 Å². The zero-order valence-electron chi connectivity index (χ0n) is 12.6. The molecule has 2 N–H and O–H groups in total. The van der Waals surface area contributed by atoms with Crippen molar-refractivity contribution in [3.05, 3.63) is 52.4 Å². The summed E-state index contributed by atoms with van der Waals surface area (Å²) in [6.45, 7) is 0. The second kappa shape index (κ2) is 5.76. The lowest BCUT2D eigenvalue weighted by Gasteiger charge is -2.31. The van der Waals surface area contributed by atoms with Crippen LogP contribution in [0, 0.1) is 17.1 Å². The predicted octanol–water partition coefficient (Wildman–Crippen LogP) is 2.65. The third-order valence-corrected chi connectivity index (χ3v) is 4.12. The zero-order chi connectivity index (χ0) is 16.6. The largest absolute Gasteiger partial charge is 0.497 e. The molecule has 0 saturated carbocycles. The first kappa shape index (κ1) is 15.1. The number of ketones is 1. The van der Waals surface area contributed by atoms with Crippen LogP contribution in [0.15, 0.2) is 41.0 Å². The first-order valence-corrected chi connectivity index (χ1v) is 7.24. The Balaban J connectivity index is 2.23. The van der Waals surface area contributed by atoms with Gasteiger partial charge >= 0.3 is 0 Å². The van der Waals surface area contributed by atoms with E-state index in [4.69, 9.17) is 15.2 Å². The second-order valence-electron chi connectivity index (χ2n) is 5.43. The van der Waals surface area contributed by atoms with Gasteiger partial charge in [-0.05, 0) is 24.6 Å². The molecule has 0 saturated heterocycles. The van der Waals surface area contributed by atoms with E-state index in [-0.39, 0.29) is 22.8 Å². The van der Waals surface area contributed by atoms with Crippen LogP contribution >= 0.6 is 0 Å². The van der Waals surface area contributed by atoms with Gasteiger partial charge in [-0.2, -0.15) is 5.26 Å². The zero-order valence-corrected chi connectivity index (χ0v) is 12.6. The van der Waals surface area contributed by atoms with Gasteiger partial charge in [-0.1, -0.05) is 0 Å². The van der Waals surface area contributed by atoms with E-state index in [0.717, 1.165) is 0 Å². The van der Waals surface area contributed by atoms with Crippen LogP contribution in [0.2, 0.25) is 0 Å². The molecule has 5 nitrogen and oxygen atoms in total. The van der Waals surface area contributed by atoms with E-state index in [2.05, 4.69) is 0 Å². The van der Waals surface area contributed by atoms with E-state index < -0.39 is 11.7 Å². The van der Waals surface area contributed by atoms with Gasteiger partial charge in [0.15, 0.2) is 5.78 Å². The van der Waals surface area contributed by atoms with Gasteiger partial charge in [-0.15, -0.1) is 0 Å². The molecule has 0 bridgehead atoms. The Morgan fingerprint density at radius 1 is 1.43 bits per heavy atom. The molecule has 3 rings (SSSR count). The summed E-state index contributed by atoms with van der Waals surface area (Å²) in [6, 6.07) is 6.18. The SMILES string of the molecule is COc1ccc(F)c([C@H]2C(C#N)=C(N)OC3=C2C(=O)CCC3)c1. The number of hydrogen-bond donors (Lipinski definition) is 1. The lowest BCUT2D eigenvalue weighted by atomic mass is 9.77. The van der Waals surface area contributed by atoms with Crippen molar-refractivity contribution < 1.29 is 18.7 Å². The molecular weight excluding hydrogens is 299 g/mol. The number of nitriles is 1. The molecular formula is C17H15FN2O3. The second-order valence-corrected chi connectivity index (χ2v) is 5.43. The maximum atomic E-state index is 14.4. The van der Waals surface area contributed by atoms with Crippen LogP contribution in [0.1, 0.15) is 30.7 Å². The number of allylic oxidation sites excluding steroid dienone is 3. The van der Waals surface area contributed by atoms with Crippen molar-refractivity contribution in [1.82, 2.24) is 0 Å². The van der Waals surface area contributed by atoms with Gasteiger partial charge in [0.2, 0.25) is 5.88 Å². The number of halogens is 1. The molecule has 0 fully saturated rings. The smallest absolute Gasteiger partial charge is 0.205 e. The minimum absolute atomic E-state index is 0.0474. The Kier molecular flexibility index (Phi) is 3.78. The topological polar surface area (TPSA) is 85.3 Å². The number of ether oxygens (including phenoxy) is 2. The van der Waals surface area contributed by atoms with Crippen molar-refractivity contribution in [2.75, 3.05) is 7.11 Å². The van der Waals surface area contributed by atoms with Crippen LogP contribution in [0.3, 0.4) is 0 Å². The number of Topliss-reactive ketones (excluding diaryl/α,β-unsaturated/α-hetero) is 1. The molecule has 0 amide bonds. The summed E-state index contributed by atoms with van der Waals surface area (Å²) in [7, 11) is 1.47. The number of benzene rings is 1. The monoisotopic (exact) mass is 314 g/mol. The fourth-order valence-electron chi connectivity index (χ4n) is 3.04. The van der Waals surface area contributed by atoms with Crippen LogP contribution in [-0.2, 0) is 9.53 Å². The molecule has 1 aromatic carbocycles. The lowest BCUT2D eigenvalue weighted by molar-refractivity contribution is -0.116. The quantitative estimate of drug-likeness (QED) is 0.907. The van der Waals surface area contributed by atoms with E-state index in [1.54, 1.807) is 0 Å². The van der Waals surface area contributed by atoms with Crippen LogP contribution in [-0.4, -0.2) is 12.9 Å². The van der Waals surface area contributed by atoms with Gasteiger partial charge in [0.25, 0.3) is 0 Å². The standard InChI is InChI=1S/C17H15FN2O3/c1-22-9-5-6-12(18)10(7-9)15-11(8-19)17(20)23-14-4-2-3-13(21)16(14)15/h5-7,15H,2-4,20H2,1H3/t15-/m0/s1. The highest BCUT2D eigenvalue weighted by atomic mass is 19.1. The van der Waals surface area contributed by atoms with E-state index in [9.17, 15) is 14.4 Å². The summed E-state index contributed by atoms with van der Waals surface area (Å²) in [5, 5.41) is 9.43. The summed E-state index contributed by atoms with van der Waals surface area (Å²) in [4.78, 5) is 12.4. The molecule has 1 aromatic rings. The first-order valence-electron chi connectivity index (χ1n) is 7.24. The summed E-state index contributed by atoms with van der Waals surface area (Å²) in [5.74, 6) is -0.721. The molecule has 1 aliphatic carbocycles. The predicted molar refractivity (Wildman–Crippen MR) is 79.5 cm³/mol. The summed E-state index contributed by atoms with van der Waals surface area (Å²) in [5.41, 5.74) is 6.39. The van der Waals surface area contributed by atoms with E-state index in [0.29, 0.717) is 36.3 Å². The van der Waals surface area contributed by atoms with Crippen LogP contribution in [0.25, 0.3) is 0 Å². The van der Waals surface area contributed by atoms with Crippen LogP contribution in [0.5, 0.6) is 5.75 Å². The Hall–Kier alpha value is -2.81. The lowest BCUT2D eigenvalue weighted by Crippen LogP contribution is -2.27. The van der Waals surface area contributed by atoms with E-state index in [1.807, 2.05) is 6.07 Å². The highest BCUT2D eigenvalue weighted by Gasteiger charge is 2.39. The molecule has 1 aliphatic heterocycles. The molecule has 6 heteroatoms. The molecule has 118 valence electrons. The number of nitrogens with two attached hydrogens (primary N) is 1. The Morgan fingerprint density at radius 2 is 2.22 bits per heavy atom. The average Bonchev–Trinajstić information content (AvgIpc) is 2.54. The first-order chi connectivity index (χ1) is 11.1. The highest BCUT2D eigenvalue weighted by molar-refractivity contribution is 5.99. The van der Waals surface area contributed by atoms with Gasteiger partial charge in [-0.25, -0.2) is 4.39 Å². The van der Waals surface area contributed by atoms with Gasteiger partial charge in [-0.3, -0.25) is 4.79 Å². The molecule has 0 aromatic heterocycles. The van der Waals surface area contributed by atoms with Gasteiger partial charge in [0, 0.05) is 24.0 Å². The minimum atomic E-state index is -0.855. The number of methoxy groups -OCH3 is 1. The number of hydrogen-bond acceptors (Lipinski definition) is 5. The van der Waals surface area contributed by atoms with Crippen molar-refractivity contribution in [1.29, 1.82) is 5.26 Å². The summed E-state index contributed by atoms with van der Waals surface area (Å²) >= 11 is 0. The molecule has 0 radical (unpaired) electrons. The average molecular weight is 314 g/mol. The van der Waals surface area contributed by atoms with Crippen molar-refractivity contribution in [2.45, 2.75) is 25.2 Å². The number of carbonyl (C=O) groups is 1. The van der Waals surface area contributed by atoms with Crippen molar-refractivity contribution in [2.24, 2.45) is 5.73 Å². The maximum Gasteiger partial charge on any atom is 0.205 e.